The van der Waals surface area contributed by atoms with Crippen LogP contribution in [0.3, 0.4) is 0 Å². The van der Waals surface area contributed by atoms with E-state index in [2.05, 4.69) is 17.0 Å². The number of nitriles is 1. The fourth-order valence-electron chi connectivity index (χ4n) is 1.42. The summed E-state index contributed by atoms with van der Waals surface area (Å²) in [7, 11) is 0. The Morgan fingerprint density at radius 1 is 1.53 bits per heavy atom. The molecule has 0 aliphatic rings. The van der Waals surface area contributed by atoms with Gasteiger partial charge in [-0.05, 0) is 18.6 Å². The van der Waals surface area contributed by atoms with Crippen LogP contribution in [-0.2, 0) is 6.54 Å². The third-order valence-electron chi connectivity index (χ3n) is 2.17. The van der Waals surface area contributed by atoms with Gasteiger partial charge in [0.25, 0.3) is 0 Å². The molecule has 0 radical (unpaired) electrons. The van der Waals surface area contributed by atoms with Crippen LogP contribution < -0.4 is 4.74 Å². The molecule has 0 bridgehead atoms. The summed E-state index contributed by atoms with van der Waals surface area (Å²) < 4.78 is 7.31. The second-order valence-electron chi connectivity index (χ2n) is 3.51. The van der Waals surface area contributed by atoms with Gasteiger partial charge in [0.15, 0.2) is 5.75 Å². The molecule has 2 aromatic rings. The highest BCUT2D eigenvalue weighted by Gasteiger charge is 2.06. The zero-order valence-electron chi connectivity index (χ0n) is 9.50. The lowest BCUT2D eigenvalue weighted by atomic mass is 10.3. The van der Waals surface area contributed by atoms with Crippen LogP contribution in [0.4, 0.5) is 0 Å². The van der Waals surface area contributed by atoms with Gasteiger partial charge >= 0.3 is 0 Å². The number of ether oxygens (including phenoxy) is 1. The van der Waals surface area contributed by atoms with Crippen molar-refractivity contribution >= 4 is 0 Å². The van der Waals surface area contributed by atoms with Crippen LogP contribution in [0.5, 0.6) is 11.6 Å². The predicted octanol–water partition coefficient (Wildman–Crippen LogP) is 2.35. The largest absolute Gasteiger partial charge is 0.434 e. The lowest BCUT2D eigenvalue weighted by Gasteiger charge is -2.02. The quantitative estimate of drug-likeness (QED) is 0.805. The van der Waals surface area contributed by atoms with Crippen molar-refractivity contribution in [1.82, 2.24) is 14.8 Å². The van der Waals surface area contributed by atoms with Gasteiger partial charge in [-0.1, -0.05) is 6.92 Å². The Hall–Kier alpha value is -2.35. The van der Waals surface area contributed by atoms with E-state index in [9.17, 15) is 0 Å². The number of aromatic nitrogens is 3. The highest BCUT2D eigenvalue weighted by Crippen LogP contribution is 2.21. The van der Waals surface area contributed by atoms with Crippen LogP contribution >= 0.6 is 0 Å². The molecule has 0 amide bonds. The van der Waals surface area contributed by atoms with Crippen molar-refractivity contribution in [3.63, 3.8) is 0 Å². The maximum absolute atomic E-state index is 8.90. The molecule has 0 aromatic carbocycles. The Kier molecular flexibility index (Phi) is 3.36. The first-order valence-electron chi connectivity index (χ1n) is 5.39. The van der Waals surface area contributed by atoms with Crippen LogP contribution in [0.1, 0.15) is 18.9 Å². The van der Waals surface area contributed by atoms with E-state index in [4.69, 9.17) is 10.00 Å². The molecule has 2 rings (SSSR count). The Morgan fingerprint density at radius 3 is 3.18 bits per heavy atom. The fourth-order valence-corrected chi connectivity index (χ4v) is 1.42. The van der Waals surface area contributed by atoms with Gasteiger partial charge in [-0.15, -0.1) is 0 Å². The van der Waals surface area contributed by atoms with Crippen molar-refractivity contribution in [3.8, 4) is 17.7 Å². The maximum Gasteiger partial charge on any atom is 0.237 e. The molecule has 0 spiro atoms. The van der Waals surface area contributed by atoms with Crippen molar-refractivity contribution in [2.75, 3.05) is 0 Å². The summed E-state index contributed by atoms with van der Waals surface area (Å²) in [6.07, 6.45) is 6.01. The minimum absolute atomic E-state index is 0.311. The molecular formula is C12H12N4O. The minimum Gasteiger partial charge on any atom is -0.434 e. The molecule has 0 saturated carbocycles. The summed E-state index contributed by atoms with van der Waals surface area (Å²) in [5, 5.41) is 13.0. The second kappa shape index (κ2) is 5.12. The number of pyridine rings is 1. The smallest absolute Gasteiger partial charge is 0.237 e. The molecule has 5 nitrogen and oxygen atoms in total. The number of aryl methyl sites for hydroxylation is 1. The highest BCUT2D eigenvalue weighted by molar-refractivity contribution is 5.39. The zero-order valence-corrected chi connectivity index (χ0v) is 9.50. The molecular weight excluding hydrogens is 216 g/mol. The molecule has 2 heterocycles. The van der Waals surface area contributed by atoms with Gasteiger partial charge in [0.05, 0.1) is 12.4 Å². The van der Waals surface area contributed by atoms with Crippen LogP contribution in [0.25, 0.3) is 0 Å². The van der Waals surface area contributed by atoms with Gasteiger partial charge in [-0.2, -0.15) is 10.4 Å². The Bertz CT molecular complexity index is 541. The van der Waals surface area contributed by atoms with Crippen molar-refractivity contribution in [2.24, 2.45) is 0 Å². The zero-order chi connectivity index (χ0) is 12.1. The van der Waals surface area contributed by atoms with E-state index >= 15 is 0 Å². The SMILES string of the molecule is CCCn1cc(Oc2ncccc2C#N)cn1. The molecule has 0 N–H and O–H groups in total. The van der Waals surface area contributed by atoms with Gasteiger partial charge in [0.2, 0.25) is 5.88 Å². The van der Waals surface area contributed by atoms with Crippen molar-refractivity contribution in [1.29, 1.82) is 5.26 Å². The Labute approximate surface area is 99.3 Å². The molecule has 2 aromatic heterocycles. The summed E-state index contributed by atoms with van der Waals surface area (Å²) in [6, 6.07) is 5.40. The summed E-state index contributed by atoms with van der Waals surface area (Å²) >= 11 is 0. The van der Waals surface area contributed by atoms with Crippen molar-refractivity contribution in [3.05, 3.63) is 36.3 Å². The number of hydrogen-bond acceptors (Lipinski definition) is 4. The molecule has 0 saturated heterocycles. The molecule has 0 atom stereocenters. The second-order valence-corrected chi connectivity index (χ2v) is 3.51. The first kappa shape index (κ1) is 11.1. The molecule has 0 aliphatic heterocycles. The van der Waals surface area contributed by atoms with E-state index in [1.165, 1.54) is 0 Å². The van der Waals surface area contributed by atoms with Crippen LogP contribution in [0.2, 0.25) is 0 Å². The topological polar surface area (TPSA) is 63.7 Å². The first-order valence-corrected chi connectivity index (χ1v) is 5.39. The van der Waals surface area contributed by atoms with Gasteiger partial charge in [0.1, 0.15) is 11.6 Å². The monoisotopic (exact) mass is 228 g/mol. The molecule has 5 heteroatoms. The number of nitrogens with zero attached hydrogens (tertiary/aromatic N) is 4. The van der Waals surface area contributed by atoms with Crippen molar-refractivity contribution in [2.45, 2.75) is 19.9 Å². The summed E-state index contributed by atoms with van der Waals surface area (Å²) in [5.41, 5.74) is 0.413. The van der Waals surface area contributed by atoms with Crippen LogP contribution in [0.15, 0.2) is 30.7 Å². The van der Waals surface area contributed by atoms with Gasteiger partial charge in [-0.25, -0.2) is 4.98 Å². The third-order valence-corrected chi connectivity index (χ3v) is 2.17. The lowest BCUT2D eigenvalue weighted by Crippen LogP contribution is -1.95. The van der Waals surface area contributed by atoms with Crippen LogP contribution in [-0.4, -0.2) is 14.8 Å². The highest BCUT2D eigenvalue weighted by atomic mass is 16.5. The average Bonchev–Trinajstić information content (AvgIpc) is 2.78. The summed E-state index contributed by atoms with van der Waals surface area (Å²) in [4.78, 5) is 4.02. The average molecular weight is 228 g/mol. The number of hydrogen-bond donors (Lipinski definition) is 0. The van der Waals surface area contributed by atoms with E-state index in [1.54, 1.807) is 35.4 Å². The fraction of sp³-hybridized carbons (Fsp3) is 0.250. The third kappa shape index (κ3) is 2.61. The maximum atomic E-state index is 8.90. The normalized spacial score (nSPS) is 9.88. The molecule has 0 fully saturated rings. The van der Waals surface area contributed by atoms with E-state index in [1.807, 2.05) is 6.07 Å². The van der Waals surface area contributed by atoms with Crippen LogP contribution in [0, 0.1) is 11.3 Å². The summed E-state index contributed by atoms with van der Waals surface area (Å²) in [5.74, 6) is 0.902. The predicted molar refractivity (Wildman–Crippen MR) is 61.5 cm³/mol. The Balaban J connectivity index is 2.17. The summed E-state index contributed by atoms with van der Waals surface area (Å²) in [6.45, 7) is 2.92. The van der Waals surface area contributed by atoms with E-state index in [0.717, 1.165) is 13.0 Å². The van der Waals surface area contributed by atoms with E-state index < -0.39 is 0 Å². The van der Waals surface area contributed by atoms with Crippen molar-refractivity contribution < 1.29 is 4.74 Å². The minimum atomic E-state index is 0.311. The van der Waals surface area contributed by atoms with E-state index in [0.29, 0.717) is 17.2 Å². The Morgan fingerprint density at radius 2 is 2.41 bits per heavy atom. The molecule has 86 valence electrons. The standard InChI is InChI=1S/C12H12N4O/c1-2-6-16-9-11(8-15-16)17-12-10(7-13)4-3-5-14-12/h3-5,8-9H,2,6H2,1H3. The lowest BCUT2D eigenvalue weighted by molar-refractivity contribution is 0.459. The molecule has 0 unspecified atom stereocenters. The van der Waals surface area contributed by atoms with Gasteiger partial charge in [-0.3, -0.25) is 4.68 Å². The van der Waals surface area contributed by atoms with Gasteiger partial charge in [0, 0.05) is 12.7 Å². The van der Waals surface area contributed by atoms with E-state index in [-0.39, 0.29) is 0 Å². The number of rotatable bonds is 4. The first-order chi connectivity index (χ1) is 8.33. The molecule has 17 heavy (non-hydrogen) atoms. The van der Waals surface area contributed by atoms with Gasteiger partial charge < -0.3 is 4.74 Å². The molecule has 0 aliphatic carbocycles.